The van der Waals surface area contributed by atoms with Crippen LogP contribution in [0.2, 0.25) is 0 Å². The zero-order valence-corrected chi connectivity index (χ0v) is 10.8. The number of nitrogens with two attached hydrogens (primary N) is 1. The van der Waals surface area contributed by atoms with E-state index in [2.05, 4.69) is 10.5 Å². The third-order valence-electron chi connectivity index (χ3n) is 3.47. The van der Waals surface area contributed by atoms with Gasteiger partial charge in [0.1, 0.15) is 17.4 Å². The number of hydrogen-bond acceptors (Lipinski definition) is 4. The Hall–Kier alpha value is -1.98. The summed E-state index contributed by atoms with van der Waals surface area (Å²) in [5.41, 5.74) is 5.91. The minimum atomic E-state index is -0.319. The highest BCUT2D eigenvalue weighted by Gasteiger charge is 2.43. The van der Waals surface area contributed by atoms with Crippen molar-refractivity contribution in [1.82, 2.24) is 0 Å². The largest absolute Gasteiger partial charge is 0.497 e. The standard InChI is InChI=1S/C13H18FN3O2/c1-19-9-2-3-10(14)11(6-9)16-8-13(4-5-13)7-12(15)17-18/h2-3,6,16,18H,4-5,7-8H2,1H3,(H2,15,17). The monoisotopic (exact) mass is 267 g/mol. The van der Waals surface area contributed by atoms with Crippen molar-refractivity contribution in [1.29, 1.82) is 0 Å². The minimum Gasteiger partial charge on any atom is -0.497 e. The van der Waals surface area contributed by atoms with Gasteiger partial charge in [0.25, 0.3) is 0 Å². The predicted molar refractivity (Wildman–Crippen MR) is 71.1 cm³/mol. The van der Waals surface area contributed by atoms with Gasteiger partial charge in [0.2, 0.25) is 0 Å². The molecule has 0 aliphatic heterocycles. The third-order valence-corrected chi connectivity index (χ3v) is 3.47. The first-order valence-corrected chi connectivity index (χ1v) is 6.12. The van der Waals surface area contributed by atoms with Crippen molar-refractivity contribution in [3.8, 4) is 5.75 Å². The van der Waals surface area contributed by atoms with Gasteiger partial charge in [-0.2, -0.15) is 0 Å². The van der Waals surface area contributed by atoms with E-state index in [1.165, 1.54) is 13.2 Å². The fourth-order valence-electron chi connectivity index (χ4n) is 2.06. The lowest BCUT2D eigenvalue weighted by molar-refractivity contribution is 0.315. The summed E-state index contributed by atoms with van der Waals surface area (Å²) in [7, 11) is 1.54. The van der Waals surface area contributed by atoms with E-state index in [4.69, 9.17) is 15.7 Å². The number of nitrogens with one attached hydrogen (secondary N) is 1. The van der Waals surface area contributed by atoms with Crippen LogP contribution in [0.1, 0.15) is 19.3 Å². The zero-order valence-electron chi connectivity index (χ0n) is 10.8. The number of halogens is 1. The fourth-order valence-corrected chi connectivity index (χ4v) is 2.06. The van der Waals surface area contributed by atoms with Gasteiger partial charge in [-0.1, -0.05) is 5.16 Å². The molecule has 1 saturated carbocycles. The average molecular weight is 267 g/mol. The predicted octanol–water partition coefficient (Wildman–Crippen LogP) is 2.16. The molecule has 1 aromatic carbocycles. The van der Waals surface area contributed by atoms with Crippen molar-refractivity contribution in [2.75, 3.05) is 19.0 Å². The molecule has 1 aliphatic carbocycles. The maximum absolute atomic E-state index is 13.6. The second-order valence-corrected chi connectivity index (χ2v) is 4.97. The molecule has 0 radical (unpaired) electrons. The molecule has 0 atom stereocenters. The van der Waals surface area contributed by atoms with Gasteiger partial charge < -0.3 is 21.0 Å². The number of hydrogen-bond donors (Lipinski definition) is 3. The summed E-state index contributed by atoms with van der Waals surface area (Å²) in [4.78, 5) is 0. The second kappa shape index (κ2) is 5.34. The number of rotatable bonds is 6. The lowest BCUT2D eigenvalue weighted by atomic mass is 10.0. The van der Waals surface area contributed by atoms with Crippen molar-refractivity contribution in [3.63, 3.8) is 0 Å². The Balaban J connectivity index is 1.99. The summed E-state index contributed by atoms with van der Waals surface area (Å²) in [6.45, 7) is 0.591. The highest BCUT2D eigenvalue weighted by Crippen LogP contribution is 2.48. The molecule has 1 aromatic rings. The zero-order chi connectivity index (χ0) is 13.9. The number of oxime groups is 1. The average Bonchev–Trinajstić information content (AvgIpc) is 3.18. The molecule has 0 saturated heterocycles. The van der Waals surface area contributed by atoms with E-state index in [1.54, 1.807) is 12.1 Å². The van der Waals surface area contributed by atoms with Crippen LogP contribution in [0.25, 0.3) is 0 Å². The van der Waals surface area contributed by atoms with E-state index in [-0.39, 0.29) is 17.1 Å². The summed E-state index contributed by atoms with van der Waals surface area (Å²) in [5.74, 6) is 0.496. The Kier molecular flexibility index (Phi) is 3.78. The van der Waals surface area contributed by atoms with Crippen LogP contribution in [0.5, 0.6) is 5.75 Å². The molecular formula is C13H18FN3O2. The molecule has 1 fully saturated rings. The number of methoxy groups -OCH3 is 1. The first-order chi connectivity index (χ1) is 9.08. The van der Waals surface area contributed by atoms with Crippen molar-refractivity contribution in [3.05, 3.63) is 24.0 Å². The Morgan fingerprint density at radius 2 is 2.32 bits per heavy atom. The summed E-state index contributed by atoms with van der Waals surface area (Å²) >= 11 is 0. The molecule has 0 spiro atoms. The first kappa shape index (κ1) is 13.5. The molecule has 0 bridgehead atoms. The van der Waals surface area contributed by atoms with E-state index in [0.717, 1.165) is 12.8 Å². The van der Waals surface area contributed by atoms with E-state index in [0.29, 0.717) is 24.4 Å². The number of benzene rings is 1. The topological polar surface area (TPSA) is 79.9 Å². The van der Waals surface area contributed by atoms with Crippen molar-refractivity contribution < 1.29 is 14.3 Å². The van der Waals surface area contributed by atoms with Crippen LogP contribution in [0.15, 0.2) is 23.4 Å². The molecule has 0 heterocycles. The van der Waals surface area contributed by atoms with Crippen LogP contribution in [0.4, 0.5) is 10.1 Å². The van der Waals surface area contributed by atoms with Gasteiger partial charge in [0, 0.05) is 19.0 Å². The maximum atomic E-state index is 13.6. The van der Waals surface area contributed by atoms with Crippen LogP contribution >= 0.6 is 0 Å². The van der Waals surface area contributed by atoms with Gasteiger partial charge in [-0.05, 0) is 30.4 Å². The van der Waals surface area contributed by atoms with Crippen LogP contribution < -0.4 is 15.8 Å². The number of nitrogens with zero attached hydrogens (tertiary/aromatic N) is 1. The summed E-state index contributed by atoms with van der Waals surface area (Å²) in [6.07, 6.45) is 2.49. The van der Waals surface area contributed by atoms with Crippen molar-refractivity contribution in [2.45, 2.75) is 19.3 Å². The number of ether oxygens (including phenoxy) is 1. The Labute approximate surface area is 111 Å². The molecule has 0 aromatic heterocycles. The molecule has 5 nitrogen and oxygen atoms in total. The van der Waals surface area contributed by atoms with Gasteiger partial charge in [-0.3, -0.25) is 0 Å². The molecule has 104 valence electrons. The van der Waals surface area contributed by atoms with Crippen LogP contribution in [-0.2, 0) is 0 Å². The normalized spacial score (nSPS) is 17.1. The quantitative estimate of drug-likeness (QED) is 0.319. The molecule has 2 rings (SSSR count). The first-order valence-electron chi connectivity index (χ1n) is 6.12. The molecule has 0 amide bonds. The van der Waals surface area contributed by atoms with Gasteiger partial charge in [0.15, 0.2) is 0 Å². The number of anilines is 1. The van der Waals surface area contributed by atoms with Crippen molar-refractivity contribution >= 4 is 11.5 Å². The lowest BCUT2D eigenvalue weighted by Crippen LogP contribution is -2.24. The second-order valence-electron chi connectivity index (χ2n) is 4.97. The molecule has 0 unspecified atom stereocenters. The molecular weight excluding hydrogens is 249 g/mol. The minimum absolute atomic E-state index is 0.0220. The Morgan fingerprint density at radius 1 is 1.58 bits per heavy atom. The summed E-state index contributed by atoms with van der Waals surface area (Å²) < 4.78 is 18.7. The summed E-state index contributed by atoms with van der Waals surface area (Å²) in [6, 6.07) is 4.56. The summed E-state index contributed by atoms with van der Waals surface area (Å²) in [5, 5.41) is 14.6. The molecule has 1 aliphatic rings. The number of amidine groups is 1. The van der Waals surface area contributed by atoms with Crippen LogP contribution in [0, 0.1) is 11.2 Å². The molecule has 6 heteroatoms. The highest BCUT2D eigenvalue weighted by atomic mass is 19.1. The lowest BCUT2D eigenvalue weighted by Gasteiger charge is -2.16. The smallest absolute Gasteiger partial charge is 0.146 e. The van der Waals surface area contributed by atoms with Gasteiger partial charge in [-0.15, -0.1) is 0 Å². The highest BCUT2D eigenvalue weighted by molar-refractivity contribution is 5.80. The van der Waals surface area contributed by atoms with E-state index in [1.807, 2.05) is 0 Å². The van der Waals surface area contributed by atoms with Crippen molar-refractivity contribution in [2.24, 2.45) is 16.3 Å². The fraction of sp³-hybridized carbons (Fsp3) is 0.462. The van der Waals surface area contributed by atoms with E-state index in [9.17, 15) is 4.39 Å². The SMILES string of the molecule is COc1ccc(F)c(NCC2(CC(N)=NO)CC2)c1. The van der Waals surface area contributed by atoms with Crippen LogP contribution in [0.3, 0.4) is 0 Å². The Morgan fingerprint density at radius 3 is 2.89 bits per heavy atom. The van der Waals surface area contributed by atoms with E-state index < -0.39 is 0 Å². The Bertz CT molecular complexity index is 487. The third kappa shape index (κ3) is 3.27. The van der Waals surface area contributed by atoms with Gasteiger partial charge in [-0.25, -0.2) is 4.39 Å². The van der Waals surface area contributed by atoms with Crippen LogP contribution in [-0.4, -0.2) is 24.7 Å². The van der Waals surface area contributed by atoms with Gasteiger partial charge >= 0.3 is 0 Å². The maximum Gasteiger partial charge on any atom is 0.146 e. The van der Waals surface area contributed by atoms with Gasteiger partial charge in [0.05, 0.1) is 12.8 Å². The molecule has 4 N–H and O–H groups in total. The molecule has 19 heavy (non-hydrogen) atoms. The van der Waals surface area contributed by atoms with E-state index >= 15 is 0 Å².